The van der Waals surface area contributed by atoms with E-state index in [9.17, 15) is 9.18 Å². The molecule has 0 atom stereocenters. The molecule has 0 radical (unpaired) electrons. The summed E-state index contributed by atoms with van der Waals surface area (Å²) in [5, 5.41) is 5.92. The van der Waals surface area contributed by atoms with Gasteiger partial charge < -0.3 is 10.6 Å². The molecule has 1 heterocycles. The van der Waals surface area contributed by atoms with Crippen molar-refractivity contribution in [3.8, 4) is 0 Å². The fourth-order valence-electron chi connectivity index (χ4n) is 2.15. The van der Waals surface area contributed by atoms with Crippen LogP contribution in [0.3, 0.4) is 0 Å². The van der Waals surface area contributed by atoms with Crippen LogP contribution in [0.2, 0.25) is 0 Å². The zero-order valence-corrected chi connectivity index (χ0v) is 13.4. The van der Waals surface area contributed by atoms with Crippen LogP contribution in [-0.4, -0.2) is 22.4 Å². The topological polar surface area (TPSA) is 66.9 Å². The summed E-state index contributed by atoms with van der Waals surface area (Å²) in [5.41, 5.74) is 1.64. The number of aromatic nitrogens is 2. The van der Waals surface area contributed by atoms with Gasteiger partial charge in [-0.15, -0.1) is 0 Å². The second kappa shape index (κ2) is 8.22. The molecular weight excluding hydrogens is 295 g/mol. The van der Waals surface area contributed by atoms with Crippen LogP contribution in [-0.2, 0) is 11.2 Å². The van der Waals surface area contributed by atoms with E-state index < -0.39 is 0 Å². The van der Waals surface area contributed by atoms with Crippen molar-refractivity contribution in [2.24, 2.45) is 0 Å². The van der Waals surface area contributed by atoms with Crippen LogP contribution in [0, 0.1) is 12.7 Å². The molecule has 1 aromatic heterocycles. The van der Waals surface area contributed by atoms with E-state index in [1.54, 1.807) is 0 Å². The number of amides is 1. The second-order valence-electron chi connectivity index (χ2n) is 5.27. The molecule has 0 bridgehead atoms. The zero-order chi connectivity index (χ0) is 16.7. The largest absolute Gasteiger partial charge is 0.369 e. The molecule has 2 aromatic rings. The Hall–Kier alpha value is -2.50. The number of hydrogen-bond donors (Lipinski definition) is 2. The minimum atomic E-state index is -0.327. The highest BCUT2D eigenvalue weighted by Gasteiger charge is 2.07. The van der Waals surface area contributed by atoms with Gasteiger partial charge >= 0.3 is 0 Å². The van der Waals surface area contributed by atoms with Crippen molar-refractivity contribution in [2.45, 2.75) is 33.1 Å². The number of nitrogens with zero attached hydrogens (tertiary/aromatic N) is 2. The van der Waals surface area contributed by atoms with Gasteiger partial charge in [-0.1, -0.05) is 13.3 Å². The van der Waals surface area contributed by atoms with Crippen molar-refractivity contribution in [3.05, 3.63) is 47.7 Å². The molecule has 2 rings (SSSR count). The van der Waals surface area contributed by atoms with E-state index >= 15 is 0 Å². The lowest BCUT2D eigenvalue weighted by Crippen LogP contribution is -2.17. The summed E-state index contributed by atoms with van der Waals surface area (Å²) in [6, 6.07) is 5.70. The summed E-state index contributed by atoms with van der Waals surface area (Å²) in [6.45, 7) is 4.40. The van der Waals surface area contributed by atoms with Gasteiger partial charge in [0.25, 0.3) is 0 Å². The maximum absolute atomic E-state index is 12.8. The SMILES string of the molecule is CCCc1cnc(C)nc1NCCC(=O)Nc1ccc(F)cc1. The first-order valence-corrected chi connectivity index (χ1v) is 7.70. The summed E-state index contributed by atoms with van der Waals surface area (Å²) in [4.78, 5) is 20.5. The van der Waals surface area contributed by atoms with Crippen LogP contribution in [0.25, 0.3) is 0 Å². The molecule has 0 fully saturated rings. The highest BCUT2D eigenvalue weighted by Crippen LogP contribution is 2.14. The lowest BCUT2D eigenvalue weighted by molar-refractivity contribution is -0.115. The van der Waals surface area contributed by atoms with E-state index in [-0.39, 0.29) is 11.7 Å². The Labute approximate surface area is 135 Å². The summed E-state index contributed by atoms with van der Waals surface area (Å²) < 4.78 is 12.8. The molecule has 5 nitrogen and oxygen atoms in total. The van der Waals surface area contributed by atoms with Crippen LogP contribution in [0.4, 0.5) is 15.9 Å². The van der Waals surface area contributed by atoms with E-state index in [1.165, 1.54) is 24.3 Å². The standard InChI is InChI=1S/C17H21FN4O/c1-3-4-13-11-20-12(2)21-17(13)19-10-9-16(23)22-15-7-5-14(18)6-8-15/h5-8,11H,3-4,9-10H2,1-2H3,(H,22,23)(H,19,20,21). The molecular formula is C17H21FN4O. The quantitative estimate of drug-likeness (QED) is 0.822. The number of hydrogen-bond acceptors (Lipinski definition) is 4. The van der Waals surface area contributed by atoms with Crippen molar-refractivity contribution < 1.29 is 9.18 Å². The maximum Gasteiger partial charge on any atom is 0.226 e. The highest BCUT2D eigenvalue weighted by molar-refractivity contribution is 5.90. The van der Waals surface area contributed by atoms with Crippen LogP contribution < -0.4 is 10.6 Å². The van der Waals surface area contributed by atoms with Crippen molar-refractivity contribution in [1.29, 1.82) is 0 Å². The summed E-state index contributed by atoms with van der Waals surface area (Å²) in [5.74, 6) is 1.02. The molecule has 0 saturated carbocycles. The number of benzene rings is 1. The monoisotopic (exact) mass is 316 g/mol. The smallest absolute Gasteiger partial charge is 0.226 e. The molecule has 0 aliphatic carbocycles. The van der Waals surface area contributed by atoms with Gasteiger partial charge in [0, 0.05) is 30.4 Å². The molecule has 0 saturated heterocycles. The number of aryl methyl sites for hydroxylation is 2. The summed E-state index contributed by atoms with van der Waals surface area (Å²) >= 11 is 0. The van der Waals surface area contributed by atoms with Crippen LogP contribution in [0.1, 0.15) is 31.2 Å². The van der Waals surface area contributed by atoms with E-state index in [0.717, 1.165) is 24.2 Å². The van der Waals surface area contributed by atoms with Gasteiger partial charge in [0.05, 0.1) is 0 Å². The van der Waals surface area contributed by atoms with E-state index in [1.807, 2.05) is 13.1 Å². The lowest BCUT2D eigenvalue weighted by atomic mass is 10.2. The van der Waals surface area contributed by atoms with E-state index in [2.05, 4.69) is 27.5 Å². The highest BCUT2D eigenvalue weighted by atomic mass is 19.1. The molecule has 0 unspecified atom stereocenters. The predicted octanol–water partition coefficient (Wildman–Crippen LogP) is 3.32. The molecule has 2 N–H and O–H groups in total. The lowest BCUT2D eigenvalue weighted by Gasteiger charge is -2.11. The third-order valence-electron chi connectivity index (χ3n) is 3.28. The molecule has 1 aromatic carbocycles. The first-order valence-electron chi connectivity index (χ1n) is 7.70. The van der Waals surface area contributed by atoms with Crippen LogP contribution in [0.15, 0.2) is 30.5 Å². The van der Waals surface area contributed by atoms with Gasteiger partial charge in [-0.05, 0) is 37.6 Å². The fourth-order valence-corrected chi connectivity index (χ4v) is 2.15. The Morgan fingerprint density at radius 3 is 2.70 bits per heavy atom. The van der Waals surface area contributed by atoms with Crippen LogP contribution in [0.5, 0.6) is 0 Å². The molecule has 1 amide bonds. The van der Waals surface area contributed by atoms with Gasteiger partial charge in [0.15, 0.2) is 0 Å². The minimum Gasteiger partial charge on any atom is -0.369 e. The Bertz CT molecular complexity index is 658. The number of rotatable bonds is 7. The first kappa shape index (κ1) is 16.9. The van der Waals surface area contributed by atoms with Gasteiger partial charge in [-0.2, -0.15) is 0 Å². The molecule has 122 valence electrons. The summed E-state index contributed by atoms with van der Waals surface area (Å²) in [7, 11) is 0. The average molecular weight is 316 g/mol. The van der Waals surface area contributed by atoms with Gasteiger partial charge in [-0.25, -0.2) is 14.4 Å². The number of nitrogens with one attached hydrogen (secondary N) is 2. The Morgan fingerprint density at radius 2 is 2.00 bits per heavy atom. The number of carbonyl (C=O) groups excluding carboxylic acids is 1. The normalized spacial score (nSPS) is 10.4. The van der Waals surface area contributed by atoms with Gasteiger partial charge in [-0.3, -0.25) is 4.79 Å². The first-order chi connectivity index (χ1) is 11.1. The minimum absolute atomic E-state index is 0.132. The van der Waals surface area contributed by atoms with Crippen molar-refractivity contribution in [1.82, 2.24) is 9.97 Å². The third-order valence-corrected chi connectivity index (χ3v) is 3.28. The fraction of sp³-hybridized carbons (Fsp3) is 0.353. The molecule has 0 aliphatic heterocycles. The van der Waals surface area contributed by atoms with E-state index in [0.29, 0.717) is 24.5 Å². The Morgan fingerprint density at radius 1 is 1.26 bits per heavy atom. The second-order valence-corrected chi connectivity index (χ2v) is 5.27. The van der Waals surface area contributed by atoms with Crippen molar-refractivity contribution in [2.75, 3.05) is 17.2 Å². The zero-order valence-electron chi connectivity index (χ0n) is 13.4. The van der Waals surface area contributed by atoms with Crippen molar-refractivity contribution in [3.63, 3.8) is 0 Å². The van der Waals surface area contributed by atoms with Gasteiger partial charge in [0.1, 0.15) is 17.5 Å². The molecule has 6 heteroatoms. The third kappa shape index (κ3) is 5.32. The number of anilines is 2. The Balaban J connectivity index is 1.85. The molecule has 0 aliphatic rings. The van der Waals surface area contributed by atoms with Crippen LogP contribution >= 0.6 is 0 Å². The predicted molar refractivity (Wildman–Crippen MR) is 88.9 cm³/mol. The molecule has 23 heavy (non-hydrogen) atoms. The summed E-state index contributed by atoms with van der Waals surface area (Å²) in [6.07, 6.45) is 4.02. The van der Waals surface area contributed by atoms with Gasteiger partial charge in [0.2, 0.25) is 5.91 Å². The molecule has 0 spiro atoms. The van der Waals surface area contributed by atoms with E-state index in [4.69, 9.17) is 0 Å². The number of halogens is 1. The van der Waals surface area contributed by atoms with Crippen molar-refractivity contribution >= 4 is 17.4 Å². The number of carbonyl (C=O) groups is 1. The average Bonchev–Trinajstić information content (AvgIpc) is 2.52. The maximum atomic E-state index is 12.8. The Kier molecular flexibility index (Phi) is 6.02.